The summed E-state index contributed by atoms with van der Waals surface area (Å²) in [5, 5.41) is 2.82. The molecule has 0 aliphatic carbocycles. The van der Waals surface area contributed by atoms with E-state index in [0.29, 0.717) is 19.5 Å². The van der Waals surface area contributed by atoms with E-state index < -0.39 is 5.67 Å². The molecule has 1 aromatic carbocycles. The Kier molecular flexibility index (Phi) is 3.66. The van der Waals surface area contributed by atoms with Crippen LogP contribution in [-0.4, -0.2) is 36.1 Å². The molecule has 0 bridgehead atoms. The van der Waals surface area contributed by atoms with Gasteiger partial charge in [0.1, 0.15) is 5.67 Å². The van der Waals surface area contributed by atoms with Crippen LogP contribution in [0.1, 0.15) is 18.9 Å². The molecule has 1 unspecified atom stereocenters. The van der Waals surface area contributed by atoms with Gasteiger partial charge >= 0.3 is 0 Å². The second kappa shape index (κ2) is 5.06. The van der Waals surface area contributed by atoms with Crippen LogP contribution < -0.4 is 5.32 Å². The fourth-order valence-corrected chi connectivity index (χ4v) is 2.19. The smallest absolute Gasteiger partial charge is 0.238 e. The average Bonchev–Trinajstić information content (AvgIpc) is 2.61. The largest absolute Gasteiger partial charge is 0.325 e. The number of benzene rings is 1. The zero-order valence-corrected chi connectivity index (χ0v) is 10.9. The highest BCUT2D eigenvalue weighted by Crippen LogP contribution is 2.24. The Morgan fingerprint density at radius 3 is 2.67 bits per heavy atom. The molecule has 1 saturated heterocycles. The van der Waals surface area contributed by atoms with E-state index in [1.807, 2.05) is 36.1 Å². The summed E-state index contributed by atoms with van der Waals surface area (Å²) in [4.78, 5) is 13.6. The minimum atomic E-state index is -1.15. The van der Waals surface area contributed by atoms with Gasteiger partial charge in [-0.25, -0.2) is 4.39 Å². The van der Waals surface area contributed by atoms with Crippen LogP contribution in [-0.2, 0) is 4.79 Å². The maximum atomic E-state index is 13.6. The van der Waals surface area contributed by atoms with Crippen molar-refractivity contribution in [3.8, 4) is 0 Å². The lowest BCUT2D eigenvalue weighted by Gasteiger charge is -2.16. The van der Waals surface area contributed by atoms with Crippen molar-refractivity contribution < 1.29 is 9.18 Å². The molecule has 2 rings (SSSR count). The molecule has 1 heterocycles. The predicted octanol–water partition coefficient (Wildman–Crippen LogP) is 2.37. The van der Waals surface area contributed by atoms with Gasteiger partial charge in [0.25, 0.3) is 0 Å². The topological polar surface area (TPSA) is 32.3 Å². The summed E-state index contributed by atoms with van der Waals surface area (Å²) in [7, 11) is 0. The molecule has 1 N–H and O–H groups in total. The summed E-state index contributed by atoms with van der Waals surface area (Å²) in [6, 6.07) is 7.64. The predicted molar refractivity (Wildman–Crippen MR) is 70.4 cm³/mol. The van der Waals surface area contributed by atoms with E-state index in [-0.39, 0.29) is 12.5 Å². The number of carbonyl (C=O) groups is 1. The monoisotopic (exact) mass is 250 g/mol. The van der Waals surface area contributed by atoms with Crippen molar-refractivity contribution in [1.82, 2.24) is 4.90 Å². The summed E-state index contributed by atoms with van der Waals surface area (Å²) in [5.41, 5.74) is 0.790. The normalized spacial score (nSPS) is 24.2. The highest BCUT2D eigenvalue weighted by atomic mass is 19.1. The van der Waals surface area contributed by atoms with Crippen LogP contribution in [0.3, 0.4) is 0 Å². The van der Waals surface area contributed by atoms with Gasteiger partial charge in [-0.15, -0.1) is 0 Å². The molecule has 4 heteroatoms. The van der Waals surface area contributed by atoms with Gasteiger partial charge in [-0.2, -0.15) is 0 Å². The average molecular weight is 250 g/mol. The van der Waals surface area contributed by atoms with Gasteiger partial charge in [0.05, 0.1) is 6.54 Å². The molecule has 1 amide bonds. The van der Waals surface area contributed by atoms with Crippen molar-refractivity contribution in [2.75, 3.05) is 25.0 Å². The minimum Gasteiger partial charge on any atom is -0.325 e. The molecule has 0 spiro atoms. The van der Waals surface area contributed by atoms with Crippen LogP contribution in [0.2, 0.25) is 0 Å². The van der Waals surface area contributed by atoms with Crippen LogP contribution in [0, 0.1) is 6.92 Å². The summed E-state index contributed by atoms with van der Waals surface area (Å²) >= 11 is 0. The number of nitrogens with zero attached hydrogens (tertiary/aromatic N) is 1. The molecule has 0 saturated carbocycles. The molecule has 98 valence electrons. The molecular weight excluding hydrogens is 231 g/mol. The van der Waals surface area contributed by atoms with Crippen LogP contribution in [0.5, 0.6) is 0 Å². The van der Waals surface area contributed by atoms with E-state index in [0.717, 1.165) is 11.3 Å². The molecule has 1 aromatic rings. The Balaban J connectivity index is 1.84. The third-order valence-electron chi connectivity index (χ3n) is 3.21. The van der Waals surface area contributed by atoms with Gasteiger partial charge in [-0.3, -0.25) is 9.69 Å². The van der Waals surface area contributed by atoms with Gasteiger partial charge in [-0.05, 0) is 32.4 Å². The molecule has 3 nitrogen and oxygen atoms in total. The number of hydrogen-bond acceptors (Lipinski definition) is 2. The maximum Gasteiger partial charge on any atom is 0.238 e. The molecule has 0 aromatic heterocycles. The summed E-state index contributed by atoms with van der Waals surface area (Å²) in [5.74, 6) is -0.0865. The zero-order valence-electron chi connectivity index (χ0n) is 10.9. The lowest BCUT2D eigenvalue weighted by atomic mass is 10.1. The van der Waals surface area contributed by atoms with Crippen molar-refractivity contribution >= 4 is 11.6 Å². The van der Waals surface area contributed by atoms with E-state index in [2.05, 4.69) is 5.32 Å². The van der Waals surface area contributed by atoms with Crippen molar-refractivity contribution in [3.63, 3.8) is 0 Å². The van der Waals surface area contributed by atoms with Crippen LogP contribution in [0.25, 0.3) is 0 Å². The number of hydrogen-bond donors (Lipinski definition) is 1. The zero-order chi connectivity index (χ0) is 13.2. The third kappa shape index (κ3) is 3.53. The van der Waals surface area contributed by atoms with Gasteiger partial charge in [-0.1, -0.05) is 17.7 Å². The van der Waals surface area contributed by atoms with E-state index in [1.54, 1.807) is 6.92 Å². The van der Waals surface area contributed by atoms with E-state index >= 15 is 0 Å². The van der Waals surface area contributed by atoms with Gasteiger partial charge < -0.3 is 5.32 Å². The summed E-state index contributed by atoms with van der Waals surface area (Å²) < 4.78 is 13.6. The highest BCUT2D eigenvalue weighted by Gasteiger charge is 2.34. The molecule has 1 fully saturated rings. The standard InChI is InChI=1S/C14H19FN2O/c1-11-3-5-12(6-4-11)16-13(18)9-17-8-7-14(2,15)10-17/h3-6H,7-10H2,1-2H3,(H,16,18). The Morgan fingerprint density at radius 1 is 1.44 bits per heavy atom. The number of rotatable bonds is 3. The minimum absolute atomic E-state index is 0.0865. The van der Waals surface area contributed by atoms with Crippen molar-refractivity contribution in [3.05, 3.63) is 29.8 Å². The number of amides is 1. The van der Waals surface area contributed by atoms with Gasteiger partial charge in [0, 0.05) is 18.8 Å². The first-order valence-corrected chi connectivity index (χ1v) is 6.22. The number of halogens is 1. The van der Waals surface area contributed by atoms with E-state index in [9.17, 15) is 9.18 Å². The van der Waals surface area contributed by atoms with Crippen molar-refractivity contribution in [1.29, 1.82) is 0 Å². The fraction of sp³-hybridized carbons (Fsp3) is 0.500. The van der Waals surface area contributed by atoms with Gasteiger partial charge in [0.15, 0.2) is 0 Å². The lowest BCUT2D eigenvalue weighted by molar-refractivity contribution is -0.117. The Morgan fingerprint density at radius 2 is 2.11 bits per heavy atom. The second-order valence-corrected chi connectivity index (χ2v) is 5.29. The van der Waals surface area contributed by atoms with Gasteiger partial charge in [0.2, 0.25) is 5.91 Å². The van der Waals surface area contributed by atoms with Crippen LogP contribution in [0.15, 0.2) is 24.3 Å². The second-order valence-electron chi connectivity index (χ2n) is 5.29. The SMILES string of the molecule is Cc1ccc(NC(=O)CN2CCC(C)(F)C2)cc1. The number of alkyl halides is 1. The molecule has 1 aliphatic rings. The molecule has 1 atom stereocenters. The third-order valence-corrected chi connectivity index (χ3v) is 3.21. The first kappa shape index (κ1) is 13.0. The molecular formula is C14H19FN2O. The first-order valence-electron chi connectivity index (χ1n) is 6.22. The quantitative estimate of drug-likeness (QED) is 0.893. The van der Waals surface area contributed by atoms with Crippen LogP contribution in [0.4, 0.5) is 10.1 Å². The number of anilines is 1. The Bertz CT molecular complexity index is 428. The Labute approximate surface area is 107 Å². The maximum absolute atomic E-state index is 13.6. The van der Waals surface area contributed by atoms with Crippen molar-refractivity contribution in [2.45, 2.75) is 25.9 Å². The lowest BCUT2D eigenvalue weighted by Crippen LogP contribution is -2.33. The number of carbonyl (C=O) groups excluding carboxylic acids is 1. The fourth-order valence-electron chi connectivity index (χ4n) is 2.19. The Hall–Kier alpha value is -1.42. The van der Waals surface area contributed by atoms with Crippen molar-refractivity contribution in [2.24, 2.45) is 0 Å². The summed E-state index contributed by atoms with van der Waals surface area (Å²) in [6.07, 6.45) is 0.505. The summed E-state index contributed by atoms with van der Waals surface area (Å²) in [6.45, 7) is 4.83. The van der Waals surface area contributed by atoms with Crippen LogP contribution >= 0.6 is 0 Å². The van der Waals surface area contributed by atoms with E-state index in [4.69, 9.17) is 0 Å². The molecule has 0 radical (unpaired) electrons. The number of aryl methyl sites for hydroxylation is 1. The molecule has 1 aliphatic heterocycles. The highest BCUT2D eigenvalue weighted by molar-refractivity contribution is 5.92. The molecule has 18 heavy (non-hydrogen) atoms. The number of likely N-dealkylation sites (tertiary alicyclic amines) is 1. The first-order chi connectivity index (χ1) is 8.44. The van der Waals surface area contributed by atoms with E-state index in [1.165, 1.54) is 0 Å². The number of nitrogens with one attached hydrogen (secondary N) is 1.